The molecule has 0 spiro atoms. The molecule has 3 nitrogen and oxygen atoms in total. The summed E-state index contributed by atoms with van der Waals surface area (Å²) in [5.74, 6) is 1.07. The molecule has 0 atom stereocenters. The zero-order chi connectivity index (χ0) is 14.6. The monoisotopic (exact) mass is 305 g/mol. The minimum atomic E-state index is -1.06. The minimum absolute atomic E-state index is 0.856. The molecule has 0 bridgehead atoms. The Morgan fingerprint density at radius 1 is 1.10 bits per heavy atom. The van der Waals surface area contributed by atoms with E-state index in [1.54, 1.807) is 0 Å². The van der Waals surface area contributed by atoms with Gasteiger partial charge in [0.05, 0.1) is 8.07 Å². The molecule has 0 N–H and O–H groups in total. The lowest BCUT2D eigenvalue weighted by molar-refractivity contribution is 0.651. The van der Waals surface area contributed by atoms with E-state index in [0.717, 1.165) is 23.9 Å². The Balaban J connectivity index is 2.13. The van der Waals surface area contributed by atoms with Gasteiger partial charge in [0, 0.05) is 13.0 Å². The van der Waals surface area contributed by atoms with Gasteiger partial charge in [-0.2, -0.15) is 0 Å². The van der Waals surface area contributed by atoms with Gasteiger partial charge in [0.1, 0.15) is 5.82 Å². The van der Waals surface area contributed by atoms with Crippen molar-refractivity contribution in [3.05, 3.63) is 41.7 Å². The van der Waals surface area contributed by atoms with Gasteiger partial charge in [0.2, 0.25) is 0 Å². The first-order valence-corrected chi connectivity index (χ1v) is 11.8. The van der Waals surface area contributed by atoms with Crippen LogP contribution in [0.1, 0.15) is 18.3 Å². The average molecular weight is 306 g/mol. The molecule has 1 heterocycles. The van der Waals surface area contributed by atoms with E-state index in [0.29, 0.717) is 0 Å². The lowest BCUT2D eigenvalue weighted by atomic mass is 10.1. The van der Waals surface area contributed by atoms with Crippen LogP contribution in [0.15, 0.2) is 35.5 Å². The normalized spacial score (nSPS) is 11.8. The van der Waals surface area contributed by atoms with Crippen LogP contribution in [0.2, 0.25) is 19.6 Å². The van der Waals surface area contributed by atoms with Gasteiger partial charge in [-0.25, -0.2) is 0 Å². The van der Waals surface area contributed by atoms with Crippen LogP contribution in [0.5, 0.6) is 0 Å². The molecule has 20 heavy (non-hydrogen) atoms. The van der Waals surface area contributed by atoms with Crippen molar-refractivity contribution >= 4 is 19.8 Å². The van der Waals surface area contributed by atoms with Crippen LogP contribution in [-0.4, -0.2) is 28.2 Å². The molecule has 0 saturated carbocycles. The van der Waals surface area contributed by atoms with Gasteiger partial charge >= 0.3 is 0 Å². The first-order chi connectivity index (χ1) is 9.49. The van der Waals surface area contributed by atoms with Crippen molar-refractivity contribution in [2.75, 3.05) is 5.38 Å². The highest BCUT2D eigenvalue weighted by Crippen LogP contribution is 2.22. The van der Waals surface area contributed by atoms with E-state index in [2.05, 4.69) is 65.6 Å². The minimum Gasteiger partial charge on any atom is -0.306 e. The zero-order valence-electron chi connectivity index (χ0n) is 12.8. The fourth-order valence-corrected chi connectivity index (χ4v) is 4.67. The third-order valence-electron chi connectivity index (χ3n) is 2.95. The molecule has 0 aliphatic heterocycles. The van der Waals surface area contributed by atoms with Gasteiger partial charge in [0.25, 0.3) is 0 Å². The van der Waals surface area contributed by atoms with E-state index in [9.17, 15) is 0 Å². The second-order valence-electron chi connectivity index (χ2n) is 6.15. The third-order valence-corrected chi connectivity index (χ3v) is 7.55. The second-order valence-corrected chi connectivity index (χ2v) is 13.1. The average Bonchev–Trinajstić information content (AvgIpc) is 2.79. The number of rotatable bonds is 6. The van der Waals surface area contributed by atoms with Gasteiger partial charge in [-0.05, 0) is 17.9 Å². The number of benzene rings is 1. The highest BCUT2D eigenvalue weighted by molar-refractivity contribution is 8.00. The van der Waals surface area contributed by atoms with Crippen LogP contribution in [-0.2, 0) is 13.0 Å². The number of hydrogen-bond acceptors (Lipinski definition) is 3. The quantitative estimate of drug-likeness (QED) is 0.600. The summed E-state index contributed by atoms with van der Waals surface area (Å²) in [4.78, 5) is 0. The van der Waals surface area contributed by atoms with E-state index in [1.807, 2.05) is 17.8 Å². The van der Waals surface area contributed by atoms with Gasteiger partial charge in [-0.15, -0.1) is 10.2 Å². The Bertz CT molecular complexity index is 546. The second kappa shape index (κ2) is 6.59. The van der Waals surface area contributed by atoms with E-state index in [4.69, 9.17) is 0 Å². The SMILES string of the molecule is CCn1c(Cc2ccccc2)nnc1SC[Si](C)(C)C. The number of thioether (sulfide) groups is 1. The summed E-state index contributed by atoms with van der Waals surface area (Å²) in [7, 11) is -1.06. The van der Waals surface area contributed by atoms with Crippen molar-refractivity contribution in [3.63, 3.8) is 0 Å². The maximum absolute atomic E-state index is 4.39. The van der Waals surface area contributed by atoms with Gasteiger partial charge < -0.3 is 4.57 Å². The predicted octanol–water partition coefficient (Wildman–Crippen LogP) is 3.86. The standard InChI is InChI=1S/C15H23N3SSi/c1-5-18-14(11-13-9-7-6-8-10-13)16-17-15(18)19-12-20(2,3)4/h6-10H,5,11-12H2,1-4H3. The van der Waals surface area contributed by atoms with Crippen molar-refractivity contribution < 1.29 is 0 Å². The molecule has 1 aromatic heterocycles. The van der Waals surface area contributed by atoms with E-state index < -0.39 is 8.07 Å². The Kier molecular flexibility index (Phi) is 5.04. The number of nitrogens with zero attached hydrogens (tertiary/aromatic N) is 3. The first-order valence-electron chi connectivity index (χ1n) is 7.08. The zero-order valence-corrected chi connectivity index (χ0v) is 14.6. The van der Waals surface area contributed by atoms with E-state index in [-0.39, 0.29) is 0 Å². The van der Waals surface area contributed by atoms with Crippen molar-refractivity contribution in [2.45, 2.75) is 44.7 Å². The molecule has 2 rings (SSSR count). The fourth-order valence-electron chi connectivity index (χ4n) is 1.93. The molecule has 0 aliphatic carbocycles. The molecule has 0 radical (unpaired) electrons. The van der Waals surface area contributed by atoms with Crippen molar-refractivity contribution in [1.82, 2.24) is 14.8 Å². The molecule has 0 unspecified atom stereocenters. The smallest absolute Gasteiger partial charge is 0.190 e. The molecular formula is C15H23N3SSi. The van der Waals surface area contributed by atoms with Crippen molar-refractivity contribution in [2.24, 2.45) is 0 Å². The number of aromatic nitrogens is 3. The van der Waals surface area contributed by atoms with Gasteiger partial charge in [-0.1, -0.05) is 61.7 Å². The lowest BCUT2D eigenvalue weighted by Gasteiger charge is -2.14. The summed E-state index contributed by atoms with van der Waals surface area (Å²) >= 11 is 1.86. The maximum atomic E-state index is 4.39. The Morgan fingerprint density at radius 3 is 2.40 bits per heavy atom. The summed E-state index contributed by atoms with van der Waals surface area (Å²) in [6.45, 7) is 10.3. The Labute approximate surface area is 126 Å². The molecule has 0 saturated heterocycles. The largest absolute Gasteiger partial charge is 0.306 e. The molecule has 108 valence electrons. The lowest BCUT2D eigenvalue weighted by Crippen LogP contribution is -2.24. The summed E-state index contributed by atoms with van der Waals surface area (Å²) in [5, 5.41) is 11.0. The van der Waals surface area contributed by atoms with Crippen LogP contribution >= 0.6 is 11.8 Å². The van der Waals surface area contributed by atoms with E-state index >= 15 is 0 Å². The maximum Gasteiger partial charge on any atom is 0.190 e. The van der Waals surface area contributed by atoms with Crippen LogP contribution in [0.25, 0.3) is 0 Å². The molecular weight excluding hydrogens is 282 g/mol. The van der Waals surface area contributed by atoms with E-state index in [1.165, 1.54) is 10.9 Å². The fraction of sp³-hybridized carbons (Fsp3) is 0.467. The summed E-state index contributed by atoms with van der Waals surface area (Å²) in [6, 6.07) is 10.5. The predicted molar refractivity (Wildman–Crippen MR) is 89.0 cm³/mol. The van der Waals surface area contributed by atoms with Gasteiger partial charge in [0.15, 0.2) is 5.16 Å². The van der Waals surface area contributed by atoms with Crippen LogP contribution < -0.4 is 0 Å². The molecule has 5 heteroatoms. The van der Waals surface area contributed by atoms with Crippen LogP contribution in [0.3, 0.4) is 0 Å². The highest BCUT2D eigenvalue weighted by Gasteiger charge is 2.17. The van der Waals surface area contributed by atoms with Gasteiger partial charge in [-0.3, -0.25) is 0 Å². The molecule has 0 aliphatic rings. The van der Waals surface area contributed by atoms with Crippen molar-refractivity contribution in [3.8, 4) is 0 Å². The van der Waals surface area contributed by atoms with Crippen molar-refractivity contribution in [1.29, 1.82) is 0 Å². The molecule has 0 amide bonds. The number of hydrogen-bond donors (Lipinski definition) is 0. The molecule has 2 aromatic rings. The summed E-state index contributed by atoms with van der Waals surface area (Å²) in [5.41, 5.74) is 1.29. The topological polar surface area (TPSA) is 30.7 Å². The summed E-state index contributed by atoms with van der Waals surface area (Å²) in [6.07, 6.45) is 0.856. The third kappa shape index (κ3) is 4.21. The molecule has 1 aromatic carbocycles. The highest BCUT2D eigenvalue weighted by atomic mass is 32.2. The first kappa shape index (κ1) is 15.3. The van der Waals surface area contributed by atoms with Crippen LogP contribution in [0.4, 0.5) is 0 Å². The summed E-state index contributed by atoms with van der Waals surface area (Å²) < 4.78 is 2.25. The molecule has 0 fully saturated rings. The Morgan fingerprint density at radius 2 is 1.80 bits per heavy atom. The Hall–Kier alpha value is -1.07. The van der Waals surface area contributed by atoms with Crippen LogP contribution in [0, 0.1) is 0 Å².